The number of phenols is 2. The Morgan fingerprint density at radius 3 is 2.40 bits per heavy atom. The van der Waals surface area contributed by atoms with Gasteiger partial charge in [-0.05, 0) is 12.1 Å². The van der Waals surface area contributed by atoms with Crippen molar-refractivity contribution in [2.45, 2.75) is 0 Å². The van der Waals surface area contributed by atoms with Crippen LogP contribution in [0.2, 0.25) is 0 Å². The van der Waals surface area contributed by atoms with Gasteiger partial charge >= 0.3 is 0 Å². The molecule has 53 valence electrons. The van der Waals surface area contributed by atoms with E-state index in [2.05, 4.69) is 4.89 Å². The minimum absolute atomic E-state index is 0.0321. The lowest BCUT2D eigenvalue weighted by Crippen LogP contribution is -1.79. The van der Waals surface area contributed by atoms with Crippen molar-refractivity contribution in [2.75, 3.05) is 0 Å². The molecule has 1 radical (unpaired) electrons. The quantitative estimate of drug-likeness (QED) is 0.345. The van der Waals surface area contributed by atoms with Gasteiger partial charge in [-0.15, -0.1) is 0 Å². The van der Waals surface area contributed by atoms with Crippen molar-refractivity contribution >= 4 is 0 Å². The maximum atomic E-state index is 9.70. The molecule has 0 atom stereocenters. The lowest BCUT2D eigenvalue weighted by Gasteiger charge is -1.96. The van der Waals surface area contributed by atoms with Gasteiger partial charge in [0.2, 0.25) is 0 Å². The highest BCUT2D eigenvalue weighted by molar-refractivity contribution is 5.42. The molecule has 0 aliphatic heterocycles. The minimum atomic E-state index is -0.367. The normalized spacial score (nSPS) is 9.30. The van der Waals surface area contributed by atoms with E-state index in [1.165, 1.54) is 12.1 Å². The van der Waals surface area contributed by atoms with Gasteiger partial charge in [0.05, 0.1) is 0 Å². The molecule has 0 saturated heterocycles. The molecule has 0 amide bonds. The summed E-state index contributed by atoms with van der Waals surface area (Å²) in [7, 11) is 0. The number of phenolic OH excluding ortho intramolecular Hbond substituents is 2. The average Bonchev–Trinajstić information content (AvgIpc) is 1.95. The third-order valence-electron chi connectivity index (χ3n) is 1.04. The summed E-state index contributed by atoms with van der Waals surface area (Å²) >= 11 is 0. The van der Waals surface area contributed by atoms with Crippen LogP contribution in [0.25, 0.3) is 0 Å². The Bertz CT molecular complexity index is 233. The maximum Gasteiger partial charge on any atom is 0.172 e. The molecule has 1 rings (SSSR count). The van der Waals surface area contributed by atoms with Crippen molar-refractivity contribution in [3.05, 3.63) is 18.2 Å². The van der Waals surface area contributed by atoms with Crippen LogP contribution in [-0.4, -0.2) is 10.2 Å². The molecule has 4 nitrogen and oxygen atoms in total. The summed E-state index contributed by atoms with van der Waals surface area (Å²) in [4.78, 5) is 3.53. The highest BCUT2D eigenvalue weighted by Gasteiger charge is 2.00. The Hall–Kier alpha value is -1.42. The van der Waals surface area contributed by atoms with Gasteiger partial charge in [-0.1, -0.05) is 0 Å². The van der Waals surface area contributed by atoms with Crippen molar-refractivity contribution in [1.29, 1.82) is 0 Å². The van der Waals surface area contributed by atoms with E-state index in [9.17, 15) is 5.26 Å². The fourth-order valence-electron chi connectivity index (χ4n) is 0.555. The number of hydrogen-bond donors (Lipinski definition) is 2. The number of benzene rings is 1. The van der Waals surface area contributed by atoms with Gasteiger partial charge in [-0.2, -0.15) is 0 Å². The molecule has 0 spiro atoms. The summed E-state index contributed by atoms with van der Waals surface area (Å²) in [6.45, 7) is 0. The molecule has 0 aliphatic carbocycles. The van der Waals surface area contributed by atoms with E-state index in [1.807, 2.05) is 0 Å². The van der Waals surface area contributed by atoms with Crippen LogP contribution in [0, 0.1) is 0 Å². The fourth-order valence-corrected chi connectivity index (χ4v) is 0.555. The molecule has 4 heteroatoms. The van der Waals surface area contributed by atoms with Gasteiger partial charge in [-0.25, -0.2) is 0 Å². The lowest BCUT2D eigenvalue weighted by atomic mass is 10.3. The van der Waals surface area contributed by atoms with Gasteiger partial charge in [-0.3, -0.25) is 0 Å². The summed E-state index contributed by atoms with van der Waals surface area (Å²) in [5, 5.41) is 27.2. The van der Waals surface area contributed by atoms with E-state index in [0.717, 1.165) is 6.07 Å². The van der Waals surface area contributed by atoms with Gasteiger partial charge in [0, 0.05) is 11.3 Å². The summed E-state index contributed by atoms with van der Waals surface area (Å²) < 4.78 is 0. The van der Waals surface area contributed by atoms with Crippen molar-refractivity contribution in [3.8, 4) is 17.2 Å². The van der Waals surface area contributed by atoms with Gasteiger partial charge < -0.3 is 15.1 Å². The smallest absolute Gasteiger partial charge is 0.172 e. The Morgan fingerprint density at radius 1 is 1.20 bits per heavy atom. The minimum Gasteiger partial charge on any atom is -0.504 e. The molecular formula is C6H5O4. The van der Waals surface area contributed by atoms with Gasteiger partial charge in [0.1, 0.15) is 0 Å². The van der Waals surface area contributed by atoms with E-state index in [1.54, 1.807) is 0 Å². The molecule has 0 heterocycles. The molecule has 0 aromatic heterocycles. The van der Waals surface area contributed by atoms with Gasteiger partial charge in [0.25, 0.3) is 0 Å². The predicted octanol–water partition coefficient (Wildman–Crippen LogP) is 0.822. The third kappa shape index (κ3) is 1.11. The van der Waals surface area contributed by atoms with Crippen LogP contribution in [0.15, 0.2) is 18.2 Å². The zero-order valence-electron chi connectivity index (χ0n) is 4.94. The molecule has 0 aliphatic rings. The topological polar surface area (TPSA) is 69.6 Å². The monoisotopic (exact) mass is 141 g/mol. The van der Waals surface area contributed by atoms with Crippen molar-refractivity contribution in [3.63, 3.8) is 0 Å². The molecule has 10 heavy (non-hydrogen) atoms. The van der Waals surface area contributed by atoms with Crippen LogP contribution in [0.1, 0.15) is 0 Å². The van der Waals surface area contributed by atoms with Crippen molar-refractivity contribution < 1.29 is 20.4 Å². The van der Waals surface area contributed by atoms with Crippen molar-refractivity contribution in [2.24, 2.45) is 0 Å². The van der Waals surface area contributed by atoms with Crippen LogP contribution < -0.4 is 4.89 Å². The lowest BCUT2D eigenvalue weighted by molar-refractivity contribution is -0.208. The Morgan fingerprint density at radius 2 is 1.90 bits per heavy atom. The van der Waals surface area contributed by atoms with E-state index in [4.69, 9.17) is 10.2 Å². The zero-order chi connectivity index (χ0) is 7.56. The first-order chi connectivity index (χ1) is 4.74. The van der Waals surface area contributed by atoms with Crippen LogP contribution in [0.4, 0.5) is 0 Å². The van der Waals surface area contributed by atoms with E-state index in [0.29, 0.717) is 0 Å². The molecule has 0 fully saturated rings. The molecule has 0 bridgehead atoms. The fraction of sp³-hybridized carbons (Fsp3) is 0. The second-order valence-electron chi connectivity index (χ2n) is 1.73. The second-order valence-corrected chi connectivity index (χ2v) is 1.73. The first-order valence-electron chi connectivity index (χ1n) is 2.56. The highest BCUT2D eigenvalue weighted by atomic mass is 17.1. The maximum absolute atomic E-state index is 9.70. The number of rotatable bonds is 1. The molecule has 1 aromatic carbocycles. The van der Waals surface area contributed by atoms with E-state index in [-0.39, 0.29) is 17.2 Å². The highest BCUT2D eigenvalue weighted by Crippen LogP contribution is 2.28. The molecule has 0 unspecified atom stereocenters. The Balaban J connectivity index is 3.04. The summed E-state index contributed by atoms with van der Waals surface area (Å²) in [5.41, 5.74) is 0. The van der Waals surface area contributed by atoms with Gasteiger partial charge in [0.15, 0.2) is 17.2 Å². The van der Waals surface area contributed by atoms with E-state index >= 15 is 0 Å². The first-order valence-corrected chi connectivity index (χ1v) is 2.56. The SMILES string of the molecule is [O]Oc1ccc(O)c(O)c1. The summed E-state index contributed by atoms with van der Waals surface area (Å²) in [6.07, 6.45) is 0. The van der Waals surface area contributed by atoms with Crippen LogP contribution in [0.5, 0.6) is 17.2 Å². The number of aromatic hydroxyl groups is 2. The zero-order valence-corrected chi connectivity index (χ0v) is 4.94. The predicted molar refractivity (Wildman–Crippen MR) is 31.1 cm³/mol. The van der Waals surface area contributed by atoms with Crippen molar-refractivity contribution in [1.82, 2.24) is 0 Å². The van der Waals surface area contributed by atoms with Crippen LogP contribution >= 0.6 is 0 Å². The van der Waals surface area contributed by atoms with Crippen LogP contribution in [-0.2, 0) is 5.26 Å². The molecule has 0 saturated carbocycles. The molecular weight excluding hydrogens is 136 g/mol. The third-order valence-corrected chi connectivity index (χ3v) is 1.04. The Labute approximate surface area is 56.9 Å². The van der Waals surface area contributed by atoms with E-state index < -0.39 is 0 Å². The second kappa shape index (κ2) is 2.45. The number of hydrogen-bond acceptors (Lipinski definition) is 3. The summed E-state index contributed by atoms with van der Waals surface area (Å²) in [6, 6.07) is 3.45. The summed E-state index contributed by atoms with van der Waals surface area (Å²) in [5.74, 6) is -0.676. The standard InChI is InChI=1S/C6H5O4/c7-5-2-1-4(10-9)3-6(5)8/h1-3,7-8H. The Kier molecular flexibility index (Phi) is 1.64. The largest absolute Gasteiger partial charge is 0.504 e. The first kappa shape index (κ1) is 6.70. The molecule has 1 aromatic rings. The average molecular weight is 141 g/mol. The molecule has 2 N–H and O–H groups in total. The van der Waals surface area contributed by atoms with Crippen LogP contribution in [0.3, 0.4) is 0 Å².